The molecule has 1 atom stereocenters. The molecular formula is C6H12Li2. The zero-order valence-corrected chi connectivity index (χ0v) is 6.41. The van der Waals surface area contributed by atoms with Gasteiger partial charge in [0.25, 0.3) is 0 Å². The van der Waals surface area contributed by atoms with E-state index < -0.39 is 0 Å². The SMILES string of the molecule is [Li][CH2]CC[CH]([Li])CC. The second-order valence-corrected chi connectivity index (χ2v) is 2.66. The third-order valence-electron chi connectivity index (χ3n) is 1.75. The monoisotopic (exact) mass is 98.1 g/mol. The Balaban J connectivity index is 2.86. The van der Waals surface area contributed by atoms with Gasteiger partial charge >= 0.3 is 71.3 Å². The summed E-state index contributed by atoms with van der Waals surface area (Å²) in [5.41, 5.74) is 0. The van der Waals surface area contributed by atoms with Gasteiger partial charge in [0, 0.05) is 0 Å². The van der Waals surface area contributed by atoms with Crippen LogP contribution in [0.15, 0.2) is 0 Å². The van der Waals surface area contributed by atoms with Crippen LogP contribution in [0.4, 0.5) is 0 Å². The second-order valence-electron chi connectivity index (χ2n) is 2.66. The predicted octanol–water partition coefficient (Wildman–Crippen LogP) is 1.72. The van der Waals surface area contributed by atoms with Crippen LogP contribution < -0.4 is 0 Å². The molecule has 0 aliphatic heterocycles. The van der Waals surface area contributed by atoms with Gasteiger partial charge in [-0.2, -0.15) is 0 Å². The van der Waals surface area contributed by atoms with Gasteiger partial charge < -0.3 is 0 Å². The molecule has 0 aliphatic rings. The van der Waals surface area contributed by atoms with Gasteiger partial charge in [0.15, 0.2) is 0 Å². The molecular weight excluding hydrogens is 85.9 g/mol. The molecule has 38 valence electrons. The zero-order chi connectivity index (χ0) is 6.41. The first-order valence-electron chi connectivity index (χ1n) is 3.81. The summed E-state index contributed by atoms with van der Waals surface area (Å²) in [5, 5.41) is 1.35. The van der Waals surface area contributed by atoms with E-state index in [2.05, 4.69) is 42.4 Å². The molecule has 0 fully saturated rings. The third kappa shape index (κ3) is 5.33. The summed E-state index contributed by atoms with van der Waals surface area (Å²) in [6, 6.07) is 0. The maximum absolute atomic E-state index is 2.33. The van der Waals surface area contributed by atoms with Crippen LogP contribution in [0, 0.1) is 0 Å². The first kappa shape index (κ1) is 9.19. The van der Waals surface area contributed by atoms with Crippen molar-refractivity contribution in [1.29, 1.82) is 0 Å². The topological polar surface area (TPSA) is 0 Å². The molecule has 8 heavy (non-hydrogen) atoms. The van der Waals surface area contributed by atoms with E-state index in [9.17, 15) is 0 Å². The predicted molar refractivity (Wildman–Crippen MR) is 39.6 cm³/mol. The number of rotatable bonds is 4. The van der Waals surface area contributed by atoms with Crippen molar-refractivity contribution in [2.45, 2.75) is 35.9 Å². The molecule has 0 bridgehead atoms. The molecule has 2 heteroatoms. The van der Waals surface area contributed by atoms with Crippen molar-refractivity contribution in [3.8, 4) is 0 Å². The van der Waals surface area contributed by atoms with E-state index in [-0.39, 0.29) is 0 Å². The maximum atomic E-state index is 2.33. The van der Waals surface area contributed by atoms with Crippen molar-refractivity contribution < 1.29 is 0 Å². The Morgan fingerprint density at radius 2 is 2.12 bits per heavy atom. The Morgan fingerprint density at radius 1 is 1.50 bits per heavy atom. The van der Waals surface area contributed by atoms with Gasteiger partial charge in [-0.25, -0.2) is 0 Å². The van der Waals surface area contributed by atoms with Crippen LogP contribution in [0.5, 0.6) is 0 Å². The minimum atomic E-state index is 0.954. The van der Waals surface area contributed by atoms with Gasteiger partial charge in [-0.05, 0) is 0 Å². The Hall–Kier alpha value is 1.19. The zero-order valence-electron chi connectivity index (χ0n) is 6.41. The molecule has 0 nitrogen and oxygen atoms in total. The third-order valence-corrected chi connectivity index (χ3v) is 1.75. The fraction of sp³-hybridized carbons (Fsp3) is 1.00. The summed E-state index contributed by atoms with van der Waals surface area (Å²) in [4.78, 5) is 0. The molecule has 0 aromatic heterocycles. The van der Waals surface area contributed by atoms with Crippen LogP contribution in [0.1, 0.15) is 26.2 Å². The molecule has 0 N–H and O–H groups in total. The van der Waals surface area contributed by atoms with E-state index in [0.29, 0.717) is 0 Å². The molecule has 0 rings (SSSR count). The Bertz CT molecular complexity index is 45.8. The minimum absolute atomic E-state index is 0.954. The molecule has 0 radical (unpaired) electrons. The van der Waals surface area contributed by atoms with Gasteiger partial charge in [-0.3, -0.25) is 0 Å². The average Bonchev–Trinajstić information content (AvgIpc) is 1.83. The molecule has 0 aliphatic carbocycles. The Labute approximate surface area is 71.2 Å². The van der Waals surface area contributed by atoms with E-state index in [0.717, 1.165) is 4.59 Å². The summed E-state index contributed by atoms with van der Waals surface area (Å²) in [7, 11) is 0. The van der Waals surface area contributed by atoms with E-state index in [1.165, 1.54) is 24.4 Å². The van der Waals surface area contributed by atoms with Crippen LogP contribution in [-0.2, 0) is 0 Å². The molecule has 0 heterocycles. The van der Waals surface area contributed by atoms with Crippen LogP contribution in [0.25, 0.3) is 0 Å². The van der Waals surface area contributed by atoms with Gasteiger partial charge in [0.1, 0.15) is 0 Å². The standard InChI is InChI=1S/C6H12.2Li/c1-3-5-6-4-2;;/h6H,1,3-5H2,2H3;;. The second kappa shape index (κ2) is 6.32. The normalized spacial score (nSPS) is 14.1. The van der Waals surface area contributed by atoms with Crippen LogP contribution in [0.3, 0.4) is 0 Å². The van der Waals surface area contributed by atoms with Gasteiger partial charge in [0.2, 0.25) is 0 Å². The molecule has 0 aromatic rings. The quantitative estimate of drug-likeness (QED) is 0.469. The molecule has 0 aromatic carbocycles. The van der Waals surface area contributed by atoms with Crippen LogP contribution in [0.2, 0.25) is 9.68 Å². The summed E-state index contributed by atoms with van der Waals surface area (Å²) in [6.07, 6.45) is 4.18. The summed E-state index contributed by atoms with van der Waals surface area (Å²) >= 11 is 4.58. The van der Waals surface area contributed by atoms with E-state index in [1.807, 2.05) is 0 Å². The van der Waals surface area contributed by atoms with Crippen molar-refractivity contribution in [1.82, 2.24) is 0 Å². The van der Waals surface area contributed by atoms with Gasteiger partial charge in [-0.1, -0.05) is 0 Å². The molecule has 0 amide bonds. The first-order valence-corrected chi connectivity index (χ1v) is 3.81. The first-order chi connectivity index (χ1) is 3.81. The number of hydrogen-bond acceptors (Lipinski definition) is 0. The van der Waals surface area contributed by atoms with Crippen molar-refractivity contribution in [3.05, 3.63) is 0 Å². The van der Waals surface area contributed by atoms with Gasteiger partial charge in [-0.15, -0.1) is 0 Å². The van der Waals surface area contributed by atoms with Crippen molar-refractivity contribution in [2.24, 2.45) is 0 Å². The van der Waals surface area contributed by atoms with E-state index in [4.69, 9.17) is 0 Å². The Kier molecular flexibility index (Phi) is 7.26. The van der Waals surface area contributed by atoms with Crippen LogP contribution >= 0.6 is 0 Å². The van der Waals surface area contributed by atoms with Crippen LogP contribution in [-0.4, -0.2) is 35.4 Å². The summed E-state index contributed by atoms with van der Waals surface area (Å²) in [5.74, 6) is 0. The fourth-order valence-electron chi connectivity index (χ4n) is 0.757. The van der Waals surface area contributed by atoms with Crippen molar-refractivity contribution >= 4 is 35.4 Å². The summed E-state index contributed by atoms with van der Waals surface area (Å²) in [6.45, 7) is 2.26. The summed E-state index contributed by atoms with van der Waals surface area (Å²) < 4.78 is 0.954. The molecule has 1 unspecified atom stereocenters. The fourth-order valence-corrected chi connectivity index (χ4v) is 0.757. The van der Waals surface area contributed by atoms with Gasteiger partial charge in [0.05, 0.1) is 0 Å². The van der Waals surface area contributed by atoms with Crippen molar-refractivity contribution in [3.63, 3.8) is 0 Å². The van der Waals surface area contributed by atoms with Crippen molar-refractivity contribution in [2.75, 3.05) is 0 Å². The van der Waals surface area contributed by atoms with E-state index in [1.54, 1.807) is 0 Å². The molecule has 0 spiro atoms. The molecule has 0 saturated carbocycles. The molecule has 0 saturated heterocycles. The average molecular weight is 98.0 g/mol. The Morgan fingerprint density at radius 3 is 2.50 bits per heavy atom. The number of hydrogen-bond donors (Lipinski definition) is 0. The van der Waals surface area contributed by atoms with E-state index >= 15 is 0 Å².